The van der Waals surface area contributed by atoms with Crippen molar-refractivity contribution in [2.24, 2.45) is 0 Å². The summed E-state index contributed by atoms with van der Waals surface area (Å²) < 4.78 is 39.2. The lowest BCUT2D eigenvalue weighted by molar-refractivity contribution is -0.174. The molecule has 0 aliphatic heterocycles. The molecule has 0 aromatic carbocycles. The molecule has 0 N–H and O–H groups in total. The van der Waals surface area contributed by atoms with Crippen LogP contribution in [0, 0.1) is 11.3 Å². The molecule has 6 heteroatoms. The molecule has 0 aliphatic rings. The predicted molar refractivity (Wildman–Crippen MR) is 44.6 cm³/mol. The Morgan fingerprint density at radius 2 is 2.00 bits per heavy atom. The number of hydrogen-bond donors (Lipinski definition) is 0. The van der Waals surface area contributed by atoms with Crippen LogP contribution in [0.3, 0.4) is 0 Å². The van der Waals surface area contributed by atoms with Crippen LogP contribution >= 0.6 is 0 Å². The van der Waals surface area contributed by atoms with Crippen molar-refractivity contribution in [2.45, 2.75) is 12.6 Å². The van der Waals surface area contributed by atoms with Crippen LogP contribution in [0.5, 0.6) is 0 Å². The Bertz CT molecular complexity index is 188. The smallest absolute Gasteiger partial charge is 0.371 e. The Kier molecular flexibility index (Phi) is 6.25. The minimum absolute atomic E-state index is 0.0292. The van der Waals surface area contributed by atoms with Crippen LogP contribution in [0.2, 0.25) is 0 Å². The molecule has 0 spiro atoms. The summed E-state index contributed by atoms with van der Waals surface area (Å²) in [5.41, 5.74) is 0. The van der Waals surface area contributed by atoms with Crippen LogP contribution in [0.4, 0.5) is 13.2 Å². The third-order valence-electron chi connectivity index (χ3n) is 1.49. The zero-order chi connectivity index (χ0) is 11.0. The van der Waals surface area contributed by atoms with E-state index in [0.29, 0.717) is 19.5 Å². The summed E-state index contributed by atoms with van der Waals surface area (Å²) in [7, 11) is 1.73. The van der Waals surface area contributed by atoms with Gasteiger partial charge in [-0.15, -0.1) is 0 Å². The summed E-state index contributed by atoms with van der Waals surface area (Å²) >= 11 is 0. The van der Waals surface area contributed by atoms with Crippen LogP contribution < -0.4 is 0 Å². The molecular formula is C8H13F3N2O. The van der Waals surface area contributed by atoms with Crippen molar-refractivity contribution >= 4 is 0 Å². The molecule has 0 aromatic heterocycles. The molecule has 0 saturated carbocycles. The summed E-state index contributed by atoms with van der Waals surface area (Å²) in [4.78, 5) is 1.75. The normalized spacial score (nSPS) is 11.7. The number of nitriles is 1. The van der Waals surface area contributed by atoms with Crippen molar-refractivity contribution in [3.05, 3.63) is 0 Å². The van der Waals surface area contributed by atoms with Crippen molar-refractivity contribution in [1.29, 1.82) is 5.26 Å². The lowest BCUT2D eigenvalue weighted by Gasteiger charge is -2.15. The maximum Gasteiger partial charge on any atom is 0.411 e. The van der Waals surface area contributed by atoms with Gasteiger partial charge in [-0.3, -0.25) is 0 Å². The summed E-state index contributed by atoms with van der Waals surface area (Å²) in [6, 6.07) is 1.95. The number of nitrogens with zero attached hydrogens (tertiary/aromatic N) is 2. The van der Waals surface area contributed by atoms with E-state index in [2.05, 4.69) is 4.74 Å². The number of rotatable bonds is 6. The minimum atomic E-state index is -4.26. The Morgan fingerprint density at radius 1 is 1.36 bits per heavy atom. The average Bonchev–Trinajstić information content (AvgIpc) is 2.07. The standard InChI is InChI=1S/C8H13F3N2O/c1-13(4-2-3-12)5-6-14-7-8(9,10)11/h2,4-7H2,1H3. The SMILES string of the molecule is CN(CCC#N)CCOCC(F)(F)F. The second-order valence-corrected chi connectivity index (χ2v) is 2.88. The van der Waals surface area contributed by atoms with Gasteiger partial charge in [0.15, 0.2) is 0 Å². The monoisotopic (exact) mass is 210 g/mol. The fraction of sp³-hybridized carbons (Fsp3) is 0.875. The van der Waals surface area contributed by atoms with E-state index in [4.69, 9.17) is 5.26 Å². The van der Waals surface area contributed by atoms with Crippen molar-refractivity contribution in [2.75, 3.05) is 33.4 Å². The third kappa shape index (κ3) is 9.29. The Balaban J connectivity index is 3.32. The molecular weight excluding hydrogens is 197 g/mol. The van der Waals surface area contributed by atoms with Gasteiger partial charge < -0.3 is 9.64 Å². The zero-order valence-electron chi connectivity index (χ0n) is 7.97. The minimum Gasteiger partial charge on any atom is -0.371 e. The van der Waals surface area contributed by atoms with E-state index in [-0.39, 0.29) is 6.61 Å². The highest BCUT2D eigenvalue weighted by Crippen LogP contribution is 2.14. The molecule has 0 heterocycles. The lowest BCUT2D eigenvalue weighted by Crippen LogP contribution is -2.26. The van der Waals surface area contributed by atoms with Gasteiger partial charge in [-0.1, -0.05) is 0 Å². The number of alkyl halides is 3. The van der Waals surface area contributed by atoms with Crippen LogP contribution in [0.15, 0.2) is 0 Å². The molecule has 82 valence electrons. The van der Waals surface area contributed by atoms with E-state index in [1.807, 2.05) is 6.07 Å². The van der Waals surface area contributed by atoms with E-state index >= 15 is 0 Å². The fourth-order valence-electron chi connectivity index (χ4n) is 0.761. The molecule has 0 amide bonds. The highest BCUT2D eigenvalue weighted by atomic mass is 19.4. The molecule has 0 rings (SSSR count). The van der Waals surface area contributed by atoms with E-state index in [1.165, 1.54) is 0 Å². The van der Waals surface area contributed by atoms with Gasteiger partial charge in [0, 0.05) is 19.5 Å². The lowest BCUT2D eigenvalue weighted by atomic mass is 10.4. The van der Waals surface area contributed by atoms with Gasteiger partial charge in [0.1, 0.15) is 6.61 Å². The summed E-state index contributed by atoms with van der Waals surface area (Å²) in [5.74, 6) is 0. The van der Waals surface area contributed by atoms with Gasteiger partial charge in [0.2, 0.25) is 0 Å². The topological polar surface area (TPSA) is 36.3 Å². The highest BCUT2D eigenvalue weighted by Gasteiger charge is 2.27. The number of likely N-dealkylation sites (N-methyl/N-ethyl adjacent to an activating group) is 1. The maximum atomic E-state index is 11.6. The van der Waals surface area contributed by atoms with Crippen molar-refractivity contribution in [3.63, 3.8) is 0 Å². The number of hydrogen-bond acceptors (Lipinski definition) is 3. The van der Waals surface area contributed by atoms with E-state index in [0.717, 1.165) is 0 Å². The van der Waals surface area contributed by atoms with E-state index < -0.39 is 12.8 Å². The van der Waals surface area contributed by atoms with Crippen LogP contribution in [0.25, 0.3) is 0 Å². The quantitative estimate of drug-likeness (QED) is 0.622. The highest BCUT2D eigenvalue weighted by molar-refractivity contribution is 4.70. The molecule has 0 fully saturated rings. The fourth-order valence-corrected chi connectivity index (χ4v) is 0.761. The van der Waals surface area contributed by atoms with Crippen molar-refractivity contribution < 1.29 is 17.9 Å². The summed E-state index contributed by atoms with van der Waals surface area (Å²) in [5, 5.41) is 8.24. The van der Waals surface area contributed by atoms with Crippen LogP contribution in [0.1, 0.15) is 6.42 Å². The molecule has 0 radical (unpaired) electrons. The van der Waals surface area contributed by atoms with Gasteiger partial charge in [0.25, 0.3) is 0 Å². The summed E-state index contributed by atoms with van der Waals surface area (Å²) in [6.45, 7) is -0.232. The van der Waals surface area contributed by atoms with Crippen LogP contribution in [-0.4, -0.2) is 44.4 Å². The Hall–Kier alpha value is -0.800. The first-order valence-corrected chi connectivity index (χ1v) is 4.15. The van der Waals surface area contributed by atoms with E-state index in [9.17, 15) is 13.2 Å². The van der Waals surface area contributed by atoms with Gasteiger partial charge in [-0.25, -0.2) is 0 Å². The maximum absolute atomic E-state index is 11.6. The zero-order valence-corrected chi connectivity index (χ0v) is 7.97. The molecule has 0 aromatic rings. The van der Waals surface area contributed by atoms with Gasteiger partial charge in [0.05, 0.1) is 12.7 Å². The van der Waals surface area contributed by atoms with E-state index in [1.54, 1.807) is 11.9 Å². The number of halogens is 3. The van der Waals surface area contributed by atoms with Gasteiger partial charge in [-0.05, 0) is 7.05 Å². The Morgan fingerprint density at radius 3 is 2.50 bits per heavy atom. The van der Waals surface area contributed by atoms with Crippen molar-refractivity contribution in [3.8, 4) is 6.07 Å². The predicted octanol–water partition coefficient (Wildman–Crippen LogP) is 1.41. The summed E-state index contributed by atoms with van der Waals surface area (Å²) in [6.07, 6.45) is -3.89. The molecule has 14 heavy (non-hydrogen) atoms. The molecule has 0 aliphatic carbocycles. The number of ether oxygens (including phenoxy) is 1. The molecule has 3 nitrogen and oxygen atoms in total. The Labute approximate surface area is 81.1 Å². The first-order chi connectivity index (χ1) is 6.45. The second-order valence-electron chi connectivity index (χ2n) is 2.88. The third-order valence-corrected chi connectivity index (χ3v) is 1.49. The van der Waals surface area contributed by atoms with Crippen molar-refractivity contribution in [1.82, 2.24) is 4.90 Å². The second kappa shape index (κ2) is 6.62. The first-order valence-electron chi connectivity index (χ1n) is 4.15. The molecule has 0 bridgehead atoms. The van der Waals surface area contributed by atoms with Crippen LogP contribution in [-0.2, 0) is 4.74 Å². The van der Waals surface area contributed by atoms with Gasteiger partial charge in [-0.2, -0.15) is 18.4 Å². The van der Waals surface area contributed by atoms with Gasteiger partial charge >= 0.3 is 6.18 Å². The molecule has 0 unspecified atom stereocenters. The molecule has 0 atom stereocenters. The molecule has 0 saturated heterocycles. The average molecular weight is 210 g/mol. The first kappa shape index (κ1) is 13.2. The largest absolute Gasteiger partial charge is 0.411 e.